The summed E-state index contributed by atoms with van der Waals surface area (Å²) in [6.45, 7) is 0.546. The minimum Gasteiger partial charge on any atom is -0.465 e. The summed E-state index contributed by atoms with van der Waals surface area (Å²) in [5, 5.41) is 10.4. The molecule has 2 heterocycles. The van der Waals surface area contributed by atoms with Crippen LogP contribution in [0.5, 0.6) is 0 Å². The zero-order valence-electron chi connectivity index (χ0n) is 9.70. The number of methoxy groups -OCH3 is 1. The summed E-state index contributed by atoms with van der Waals surface area (Å²) < 4.78 is 30.2. The molecule has 2 rings (SSSR count). The molecule has 0 bridgehead atoms. The molecule has 100 valence electrons. The van der Waals surface area contributed by atoms with Gasteiger partial charge in [0.15, 0.2) is 0 Å². The molecule has 1 fully saturated rings. The van der Waals surface area contributed by atoms with E-state index in [0.717, 1.165) is 11.3 Å². The van der Waals surface area contributed by atoms with Gasteiger partial charge in [0, 0.05) is 25.6 Å². The van der Waals surface area contributed by atoms with Crippen molar-refractivity contribution in [2.24, 2.45) is 5.92 Å². The van der Waals surface area contributed by atoms with E-state index in [9.17, 15) is 13.2 Å². The zero-order chi connectivity index (χ0) is 13.3. The van der Waals surface area contributed by atoms with Crippen LogP contribution in [0, 0.1) is 5.92 Å². The predicted molar refractivity (Wildman–Crippen MR) is 65.0 cm³/mol. The van der Waals surface area contributed by atoms with Crippen LogP contribution in [0.1, 0.15) is 9.67 Å². The van der Waals surface area contributed by atoms with Crippen molar-refractivity contribution < 1.29 is 23.1 Å². The number of nitrogens with zero attached hydrogens (tertiary/aromatic N) is 1. The first kappa shape index (κ1) is 13.5. The van der Waals surface area contributed by atoms with E-state index in [1.54, 1.807) is 5.38 Å². The van der Waals surface area contributed by atoms with E-state index in [1.165, 1.54) is 17.5 Å². The monoisotopic (exact) mass is 291 g/mol. The van der Waals surface area contributed by atoms with Crippen LogP contribution in [0.25, 0.3) is 0 Å². The predicted octanol–water partition coefficient (Wildman–Crippen LogP) is 0.148. The molecule has 1 aliphatic rings. The number of carbonyl (C=O) groups is 1. The van der Waals surface area contributed by atoms with Crippen LogP contribution < -0.4 is 0 Å². The molecule has 1 aromatic rings. The number of carbonyl (C=O) groups excluding carboxylic acids is 1. The van der Waals surface area contributed by atoms with Crippen molar-refractivity contribution in [1.29, 1.82) is 0 Å². The molecular formula is C10H13NO5S2. The third kappa shape index (κ3) is 2.16. The minimum absolute atomic E-state index is 0.0139. The molecule has 0 atom stereocenters. The van der Waals surface area contributed by atoms with Gasteiger partial charge in [0.2, 0.25) is 10.0 Å². The van der Waals surface area contributed by atoms with Gasteiger partial charge in [0.05, 0.1) is 7.11 Å². The first-order valence-electron chi connectivity index (χ1n) is 5.27. The highest BCUT2D eigenvalue weighted by molar-refractivity contribution is 7.89. The molecule has 0 unspecified atom stereocenters. The van der Waals surface area contributed by atoms with E-state index < -0.39 is 16.0 Å². The Morgan fingerprint density at radius 1 is 1.61 bits per heavy atom. The van der Waals surface area contributed by atoms with E-state index in [1.807, 2.05) is 0 Å². The highest BCUT2D eigenvalue weighted by Gasteiger charge is 2.38. The van der Waals surface area contributed by atoms with Gasteiger partial charge in [-0.25, -0.2) is 13.2 Å². The highest BCUT2D eigenvalue weighted by Crippen LogP contribution is 2.30. The van der Waals surface area contributed by atoms with Gasteiger partial charge in [-0.3, -0.25) is 0 Å². The average molecular weight is 291 g/mol. The van der Waals surface area contributed by atoms with Gasteiger partial charge >= 0.3 is 5.97 Å². The largest absolute Gasteiger partial charge is 0.465 e. The van der Waals surface area contributed by atoms with E-state index in [-0.39, 0.29) is 35.4 Å². The lowest BCUT2D eigenvalue weighted by molar-refractivity contribution is 0.0601. The van der Waals surface area contributed by atoms with Crippen LogP contribution in [-0.4, -0.2) is 50.6 Å². The minimum atomic E-state index is -3.66. The van der Waals surface area contributed by atoms with Gasteiger partial charge in [-0.05, 0) is 11.4 Å². The molecule has 0 spiro atoms. The molecule has 0 aromatic carbocycles. The number of sulfonamides is 1. The molecule has 0 saturated carbocycles. The number of hydrogen-bond acceptors (Lipinski definition) is 6. The fraction of sp³-hybridized carbons (Fsp3) is 0.500. The van der Waals surface area contributed by atoms with Crippen molar-refractivity contribution >= 4 is 27.3 Å². The summed E-state index contributed by atoms with van der Waals surface area (Å²) in [5.74, 6) is -0.664. The van der Waals surface area contributed by atoms with Crippen molar-refractivity contribution in [2.75, 3.05) is 26.8 Å². The number of aliphatic hydroxyl groups excluding tert-OH is 1. The molecule has 1 aliphatic heterocycles. The Labute approximate surface area is 109 Å². The number of hydrogen-bond donors (Lipinski definition) is 1. The van der Waals surface area contributed by atoms with Crippen molar-refractivity contribution in [2.45, 2.75) is 4.90 Å². The molecule has 1 saturated heterocycles. The Hall–Kier alpha value is -0.960. The van der Waals surface area contributed by atoms with Crippen molar-refractivity contribution in [3.05, 3.63) is 16.3 Å². The van der Waals surface area contributed by atoms with Gasteiger partial charge in [-0.1, -0.05) is 0 Å². The van der Waals surface area contributed by atoms with Crippen LogP contribution >= 0.6 is 11.3 Å². The maximum absolute atomic E-state index is 12.2. The van der Waals surface area contributed by atoms with Crippen LogP contribution in [0.4, 0.5) is 0 Å². The van der Waals surface area contributed by atoms with E-state index >= 15 is 0 Å². The maximum Gasteiger partial charge on any atom is 0.349 e. The second-order valence-electron chi connectivity index (χ2n) is 3.98. The van der Waals surface area contributed by atoms with Gasteiger partial charge in [0.1, 0.15) is 9.77 Å². The Bertz CT molecular complexity index is 544. The number of aliphatic hydroxyl groups is 1. The molecule has 0 radical (unpaired) electrons. The normalized spacial score (nSPS) is 17.4. The topological polar surface area (TPSA) is 83.9 Å². The summed E-state index contributed by atoms with van der Waals surface area (Å²) in [6, 6.07) is 1.40. The number of rotatable bonds is 4. The van der Waals surface area contributed by atoms with E-state index in [0.29, 0.717) is 0 Å². The molecule has 8 heteroatoms. The second kappa shape index (κ2) is 4.96. The van der Waals surface area contributed by atoms with E-state index in [4.69, 9.17) is 5.11 Å². The standard InChI is InChI=1S/C10H13NO5S2/c1-16-10(13)9-8(2-3-17-9)18(14,15)11-4-7(5-11)6-12/h2-3,7,12H,4-6H2,1H3. The Morgan fingerprint density at radius 3 is 2.83 bits per heavy atom. The third-order valence-corrected chi connectivity index (χ3v) is 5.70. The quantitative estimate of drug-likeness (QED) is 0.798. The molecular weight excluding hydrogens is 278 g/mol. The summed E-state index contributed by atoms with van der Waals surface area (Å²) >= 11 is 1.04. The number of esters is 1. The third-order valence-electron chi connectivity index (χ3n) is 2.80. The molecule has 18 heavy (non-hydrogen) atoms. The van der Waals surface area contributed by atoms with Crippen LogP contribution in [0.15, 0.2) is 16.3 Å². The fourth-order valence-electron chi connectivity index (χ4n) is 1.72. The molecule has 6 nitrogen and oxygen atoms in total. The number of ether oxygens (including phenoxy) is 1. The SMILES string of the molecule is COC(=O)c1sccc1S(=O)(=O)N1CC(CO)C1. The lowest BCUT2D eigenvalue weighted by Crippen LogP contribution is -2.51. The summed E-state index contributed by atoms with van der Waals surface area (Å²) in [7, 11) is -2.44. The van der Waals surface area contributed by atoms with E-state index in [2.05, 4.69) is 4.74 Å². The van der Waals surface area contributed by atoms with Gasteiger partial charge in [-0.15, -0.1) is 11.3 Å². The van der Waals surface area contributed by atoms with Crippen molar-refractivity contribution in [1.82, 2.24) is 4.31 Å². The summed E-state index contributed by atoms with van der Waals surface area (Å²) in [4.78, 5) is 11.5. The highest BCUT2D eigenvalue weighted by atomic mass is 32.2. The van der Waals surface area contributed by atoms with Gasteiger partial charge < -0.3 is 9.84 Å². The molecule has 0 amide bonds. The van der Waals surface area contributed by atoms with Crippen molar-refractivity contribution in [3.63, 3.8) is 0 Å². The number of thiophene rings is 1. The van der Waals surface area contributed by atoms with Crippen LogP contribution in [0.3, 0.4) is 0 Å². The summed E-state index contributed by atoms with van der Waals surface area (Å²) in [5.41, 5.74) is 0. The second-order valence-corrected chi connectivity index (χ2v) is 6.80. The smallest absolute Gasteiger partial charge is 0.349 e. The van der Waals surface area contributed by atoms with Crippen molar-refractivity contribution in [3.8, 4) is 0 Å². The molecule has 0 aliphatic carbocycles. The molecule has 1 aromatic heterocycles. The Kier molecular flexibility index (Phi) is 3.71. The van der Waals surface area contributed by atoms with Crippen LogP contribution in [0.2, 0.25) is 0 Å². The first-order valence-corrected chi connectivity index (χ1v) is 7.59. The van der Waals surface area contributed by atoms with Gasteiger partial charge in [0.25, 0.3) is 0 Å². The fourth-order valence-corrected chi connectivity index (χ4v) is 4.62. The maximum atomic E-state index is 12.2. The summed E-state index contributed by atoms with van der Waals surface area (Å²) in [6.07, 6.45) is 0. The zero-order valence-corrected chi connectivity index (χ0v) is 11.3. The van der Waals surface area contributed by atoms with Gasteiger partial charge in [-0.2, -0.15) is 4.31 Å². The average Bonchev–Trinajstić information content (AvgIpc) is 2.75. The Balaban J connectivity index is 2.26. The first-order chi connectivity index (χ1) is 8.50. The lowest BCUT2D eigenvalue weighted by Gasteiger charge is -2.36. The van der Waals surface area contributed by atoms with Crippen LogP contribution in [-0.2, 0) is 14.8 Å². The Morgan fingerprint density at radius 2 is 2.28 bits per heavy atom. The lowest BCUT2D eigenvalue weighted by atomic mass is 10.1. The molecule has 1 N–H and O–H groups in total.